The molecule has 0 bridgehead atoms. The second-order valence-electron chi connectivity index (χ2n) is 8.90. The van der Waals surface area contributed by atoms with Crippen molar-refractivity contribution in [2.45, 2.75) is 83.5 Å². The summed E-state index contributed by atoms with van der Waals surface area (Å²) in [6.07, 6.45) is 21.2. The first-order chi connectivity index (χ1) is 12.7. The molecule has 0 heterocycles. The molecule has 1 aromatic rings. The maximum atomic E-state index is 9.48. The summed E-state index contributed by atoms with van der Waals surface area (Å²) in [6.45, 7) is 2.33. The standard InChI is InChI=1S/C25H36O/c1-3-5-19-6-10-23(11-7-19)24-12-8-20(9-13-24)18-21(4-2)22-14-16-25(26)17-15-22/h2,14-17,19-21,23-24,26H,3,5-13,18H2,1H3. The maximum Gasteiger partial charge on any atom is 0.115 e. The third kappa shape index (κ3) is 5.06. The van der Waals surface area contributed by atoms with E-state index in [1.165, 1.54) is 69.8 Å². The largest absolute Gasteiger partial charge is 0.508 e. The Balaban J connectivity index is 1.45. The predicted molar refractivity (Wildman–Crippen MR) is 110 cm³/mol. The molecule has 1 unspecified atom stereocenters. The molecule has 142 valence electrons. The highest BCUT2D eigenvalue weighted by Crippen LogP contribution is 2.43. The number of phenols is 1. The first kappa shape index (κ1) is 19.3. The number of hydrogen-bond donors (Lipinski definition) is 1. The summed E-state index contributed by atoms with van der Waals surface area (Å²) in [5, 5.41) is 9.48. The van der Waals surface area contributed by atoms with E-state index < -0.39 is 0 Å². The topological polar surface area (TPSA) is 20.2 Å². The van der Waals surface area contributed by atoms with E-state index in [-0.39, 0.29) is 5.92 Å². The van der Waals surface area contributed by atoms with Crippen LogP contribution in [0.2, 0.25) is 0 Å². The molecule has 26 heavy (non-hydrogen) atoms. The number of benzene rings is 1. The zero-order valence-electron chi connectivity index (χ0n) is 16.5. The molecule has 3 rings (SSSR count). The summed E-state index contributed by atoms with van der Waals surface area (Å²) in [5.74, 6) is 7.29. The van der Waals surface area contributed by atoms with Gasteiger partial charge in [0.15, 0.2) is 0 Å². The third-order valence-corrected chi connectivity index (χ3v) is 7.21. The van der Waals surface area contributed by atoms with Gasteiger partial charge in [-0.3, -0.25) is 0 Å². The van der Waals surface area contributed by atoms with Crippen molar-refractivity contribution in [1.82, 2.24) is 0 Å². The Bertz CT molecular complexity index is 565. The lowest BCUT2D eigenvalue weighted by atomic mass is 9.67. The van der Waals surface area contributed by atoms with Crippen LogP contribution in [0.5, 0.6) is 5.75 Å². The van der Waals surface area contributed by atoms with Crippen LogP contribution in [0.4, 0.5) is 0 Å². The summed E-state index contributed by atoms with van der Waals surface area (Å²) >= 11 is 0. The van der Waals surface area contributed by atoms with Crippen LogP contribution in [-0.2, 0) is 0 Å². The molecule has 1 atom stereocenters. The maximum absolute atomic E-state index is 9.48. The molecule has 0 aliphatic heterocycles. The Morgan fingerprint density at radius 2 is 1.46 bits per heavy atom. The van der Waals surface area contributed by atoms with Gasteiger partial charge in [0.2, 0.25) is 0 Å². The zero-order valence-corrected chi connectivity index (χ0v) is 16.5. The van der Waals surface area contributed by atoms with Crippen LogP contribution in [0.15, 0.2) is 24.3 Å². The van der Waals surface area contributed by atoms with E-state index in [9.17, 15) is 5.11 Å². The summed E-state index contributed by atoms with van der Waals surface area (Å²) < 4.78 is 0. The van der Waals surface area contributed by atoms with Crippen molar-refractivity contribution in [3.8, 4) is 18.1 Å². The van der Waals surface area contributed by atoms with E-state index in [1.54, 1.807) is 12.1 Å². The van der Waals surface area contributed by atoms with Crippen LogP contribution in [0.25, 0.3) is 0 Å². The van der Waals surface area contributed by atoms with E-state index in [0.29, 0.717) is 5.75 Å². The van der Waals surface area contributed by atoms with Crippen LogP contribution in [0.1, 0.15) is 89.0 Å². The number of phenolic OH excluding ortho intramolecular Hbond substituents is 1. The molecule has 1 aromatic carbocycles. The van der Waals surface area contributed by atoms with Gasteiger partial charge in [-0.2, -0.15) is 0 Å². The van der Waals surface area contributed by atoms with Gasteiger partial charge in [-0.05, 0) is 73.5 Å². The lowest BCUT2D eigenvalue weighted by Gasteiger charge is -2.38. The highest BCUT2D eigenvalue weighted by molar-refractivity contribution is 5.32. The second kappa shape index (κ2) is 9.50. The molecule has 0 saturated heterocycles. The van der Waals surface area contributed by atoms with Crippen molar-refractivity contribution in [2.24, 2.45) is 23.7 Å². The highest BCUT2D eigenvalue weighted by atomic mass is 16.3. The summed E-state index contributed by atoms with van der Waals surface area (Å²) in [7, 11) is 0. The normalized spacial score (nSPS) is 30.5. The zero-order chi connectivity index (χ0) is 18.4. The molecule has 2 aliphatic rings. The average Bonchev–Trinajstić information content (AvgIpc) is 2.68. The van der Waals surface area contributed by atoms with E-state index in [4.69, 9.17) is 6.42 Å². The molecule has 1 nitrogen and oxygen atoms in total. The van der Waals surface area contributed by atoms with E-state index in [0.717, 1.165) is 30.1 Å². The Morgan fingerprint density at radius 3 is 1.96 bits per heavy atom. The van der Waals surface area contributed by atoms with E-state index >= 15 is 0 Å². The lowest BCUT2D eigenvalue weighted by molar-refractivity contribution is 0.140. The molecular formula is C25H36O. The third-order valence-electron chi connectivity index (χ3n) is 7.21. The lowest BCUT2D eigenvalue weighted by Crippen LogP contribution is -2.26. The Hall–Kier alpha value is -1.42. The fourth-order valence-electron chi connectivity index (χ4n) is 5.59. The molecule has 1 N–H and O–H groups in total. The van der Waals surface area contributed by atoms with Crippen LogP contribution in [-0.4, -0.2) is 5.11 Å². The predicted octanol–water partition coefficient (Wildman–Crippen LogP) is 6.91. The van der Waals surface area contributed by atoms with Crippen molar-refractivity contribution in [3.05, 3.63) is 29.8 Å². The average molecular weight is 353 g/mol. The first-order valence-electron chi connectivity index (χ1n) is 10.9. The van der Waals surface area contributed by atoms with Gasteiger partial charge in [-0.15, -0.1) is 6.42 Å². The smallest absolute Gasteiger partial charge is 0.115 e. The monoisotopic (exact) mass is 352 g/mol. The van der Waals surface area contributed by atoms with Crippen molar-refractivity contribution in [3.63, 3.8) is 0 Å². The highest BCUT2D eigenvalue weighted by Gasteiger charge is 2.31. The molecular weight excluding hydrogens is 316 g/mol. The molecule has 2 saturated carbocycles. The Morgan fingerprint density at radius 1 is 0.923 bits per heavy atom. The van der Waals surface area contributed by atoms with Crippen LogP contribution < -0.4 is 0 Å². The molecule has 2 fully saturated rings. The number of rotatable bonds is 6. The Kier molecular flexibility index (Phi) is 7.07. The van der Waals surface area contributed by atoms with E-state index in [2.05, 4.69) is 12.8 Å². The second-order valence-corrected chi connectivity index (χ2v) is 8.90. The number of hydrogen-bond acceptors (Lipinski definition) is 1. The quantitative estimate of drug-likeness (QED) is 0.551. The summed E-state index contributed by atoms with van der Waals surface area (Å²) in [4.78, 5) is 0. The minimum Gasteiger partial charge on any atom is -0.508 e. The van der Waals surface area contributed by atoms with Crippen molar-refractivity contribution < 1.29 is 5.11 Å². The molecule has 0 radical (unpaired) electrons. The Labute approximate surface area is 160 Å². The minimum atomic E-state index is 0.196. The number of aromatic hydroxyl groups is 1. The van der Waals surface area contributed by atoms with Gasteiger partial charge in [-0.1, -0.05) is 63.5 Å². The van der Waals surface area contributed by atoms with Gasteiger partial charge in [0.05, 0.1) is 0 Å². The van der Waals surface area contributed by atoms with Crippen molar-refractivity contribution >= 4 is 0 Å². The fourth-order valence-corrected chi connectivity index (χ4v) is 5.59. The molecule has 1 heteroatoms. The molecule has 2 aliphatic carbocycles. The SMILES string of the molecule is C#CC(CC1CCC(C2CCC(CCC)CC2)CC1)c1ccc(O)cc1. The van der Waals surface area contributed by atoms with Crippen LogP contribution in [0, 0.1) is 36.0 Å². The molecule has 0 amide bonds. The van der Waals surface area contributed by atoms with Gasteiger partial charge >= 0.3 is 0 Å². The van der Waals surface area contributed by atoms with Crippen LogP contribution >= 0.6 is 0 Å². The summed E-state index contributed by atoms with van der Waals surface area (Å²) in [6, 6.07) is 7.48. The van der Waals surface area contributed by atoms with Crippen LogP contribution in [0.3, 0.4) is 0 Å². The van der Waals surface area contributed by atoms with Crippen molar-refractivity contribution in [1.29, 1.82) is 0 Å². The molecule has 0 aromatic heterocycles. The van der Waals surface area contributed by atoms with Gasteiger partial charge < -0.3 is 5.11 Å². The number of terminal acetylenes is 1. The fraction of sp³-hybridized carbons (Fsp3) is 0.680. The van der Waals surface area contributed by atoms with Gasteiger partial charge in [0.1, 0.15) is 5.75 Å². The summed E-state index contributed by atoms with van der Waals surface area (Å²) in [5.41, 5.74) is 1.18. The molecule has 0 spiro atoms. The van der Waals surface area contributed by atoms with Gasteiger partial charge in [-0.25, -0.2) is 0 Å². The minimum absolute atomic E-state index is 0.196. The first-order valence-corrected chi connectivity index (χ1v) is 10.9. The van der Waals surface area contributed by atoms with E-state index in [1.807, 2.05) is 12.1 Å². The van der Waals surface area contributed by atoms with Gasteiger partial charge in [0.25, 0.3) is 0 Å². The van der Waals surface area contributed by atoms with Crippen molar-refractivity contribution in [2.75, 3.05) is 0 Å². The van der Waals surface area contributed by atoms with Gasteiger partial charge in [0, 0.05) is 5.92 Å².